The molecule has 0 aliphatic carbocycles. The lowest BCUT2D eigenvalue weighted by molar-refractivity contribution is -0.131. The summed E-state index contributed by atoms with van der Waals surface area (Å²) in [6.45, 7) is 2.50. The van der Waals surface area contributed by atoms with E-state index >= 15 is 0 Å². The number of benzene rings is 1. The van der Waals surface area contributed by atoms with Crippen LogP contribution in [-0.2, 0) is 9.53 Å². The summed E-state index contributed by atoms with van der Waals surface area (Å²) in [5.41, 5.74) is 1.15. The molecule has 1 aromatic carbocycles. The van der Waals surface area contributed by atoms with Crippen molar-refractivity contribution in [2.45, 2.75) is 18.9 Å². The molecular formula is C16H24N2O3. The molecule has 1 aliphatic heterocycles. The molecule has 21 heavy (non-hydrogen) atoms. The van der Waals surface area contributed by atoms with E-state index < -0.39 is 0 Å². The van der Waals surface area contributed by atoms with E-state index in [1.807, 2.05) is 23.1 Å². The van der Waals surface area contributed by atoms with Crippen LogP contribution in [0.2, 0.25) is 0 Å². The van der Waals surface area contributed by atoms with E-state index in [2.05, 4.69) is 11.4 Å². The van der Waals surface area contributed by atoms with Crippen molar-refractivity contribution in [2.24, 2.45) is 0 Å². The van der Waals surface area contributed by atoms with E-state index in [0.29, 0.717) is 19.7 Å². The molecule has 1 aromatic rings. The molecule has 1 saturated heterocycles. The summed E-state index contributed by atoms with van der Waals surface area (Å²) in [4.78, 5) is 14.3. The number of hydrogen-bond acceptors (Lipinski definition) is 4. The molecule has 0 radical (unpaired) electrons. The summed E-state index contributed by atoms with van der Waals surface area (Å²) < 4.78 is 10.2. The zero-order valence-electron chi connectivity index (χ0n) is 12.8. The van der Waals surface area contributed by atoms with Gasteiger partial charge < -0.3 is 19.7 Å². The highest BCUT2D eigenvalue weighted by atomic mass is 16.5. The quantitative estimate of drug-likeness (QED) is 0.776. The minimum absolute atomic E-state index is 0.149. The zero-order valence-corrected chi connectivity index (χ0v) is 12.8. The zero-order chi connectivity index (χ0) is 15.1. The van der Waals surface area contributed by atoms with Crippen molar-refractivity contribution in [3.8, 4) is 5.75 Å². The van der Waals surface area contributed by atoms with E-state index in [9.17, 15) is 4.79 Å². The van der Waals surface area contributed by atoms with E-state index in [1.165, 1.54) is 0 Å². The minimum Gasteiger partial charge on any atom is -0.497 e. The van der Waals surface area contributed by atoms with Crippen LogP contribution in [0, 0.1) is 0 Å². The third kappa shape index (κ3) is 4.19. The highest BCUT2D eigenvalue weighted by molar-refractivity contribution is 5.79. The fraction of sp³-hybridized carbons (Fsp3) is 0.562. The van der Waals surface area contributed by atoms with Crippen molar-refractivity contribution in [1.82, 2.24) is 10.2 Å². The first-order valence-corrected chi connectivity index (χ1v) is 7.39. The van der Waals surface area contributed by atoms with Gasteiger partial charge in [-0.3, -0.25) is 4.79 Å². The molecule has 1 amide bonds. The second kappa shape index (κ2) is 8.00. The first-order chi connectivity index (χ1) is 10.3. The van der Waals surface area contributed by atoms with Crippen LogP contribution in [0.1, 0.15) is 24.4 Å². The van der Waals surface area contributed by atoms with E-state index in [1.54, 1.807) is 14.2 Å². The molecule has 1 aliphatic rings. The highest BCUT2D eigenvalue weighted by Crippen LogP contribution is 2.33. The second-order valence-corrected chi connectivity index (χ2v) is 5.19. The SMILES string of the molecule is COCCNCC(=O)N1CCCC1c1cccc(OC)c1. The molecular weight excluding hydrogens is 268 g/mol. The number of carbonyl (C=O) groups is 1. The Labute approximate surface area is 126 Å². The molecule has 1 fully saturated rings. The summed E-state index contributed by atoms with van der Waals surface area (Å²) in [5, 5.41) is 3.12. The van der Waals surface area contributed by atoms with Gasteiger partial charge in [0.2, 0.25) is 5.91 Å². The number of amides is 1. The van der Waals surface area contributed by atoms with Crippen molar-refractivity contribution in [1.29, 1.82) is 0 Å². The molecule has 0 aromatic heterocycles. The normalized spacial score (nSPS) is 18.0. The Morgan fingerprint density at radius 3 is 3.05 bits per heavy atom. The van der Waals surface area contributed by atoms with E-state index in [-0.39, 0.29) is 11.9 Å². The van der Waals surface area contributed by atoms with Gasteiger partial charge in [0.1, 0.15) is 5.75 Å². The minimum atomic E-state index is 0.149. The van der Waals surface area contributed by atoms with Gasteiger partial charge in [-0.15, -0.1) is 0 Å². The molecule has 5 nitrogen and oxygen atoms in total. The number of hydrogen-bond donors (Lipinski definition) is 1. The van der Waals surface area contributed by atoms with Crippen molar-refractivity contribution in [3.05, 3.63) is 29.8 Å². The molecule has 1 atom stereocenters. The third-order valence-electron chi connectivity index (χ3n) is 3.81. The van der Waals surface area contributed by atoms with Gasteiger partial charge in [-0.05, 0) is 30.5 Å². The predicted octanol–water partition coefficient (Wildman–Crippen LogP) is 1.59. The summed E-state index contributed by atoms with van der Waals surface area (Å²) in [6.07, 6.45) is 2.06. The Kier molecular flexibility index (Phi) is 6.02. The lowest BCUT2D eigenvalue weighted by Gasteiger charge is -2.25. The maximum absolute atomic E-state index is 12.3. The van der Waals surface area contributed by atoms with Gasteiger partial charge in [0.15, 0.2) is 0 Å². The standard InChI is InChI=1S/C16H24N2O3/c1-20-10-8-17-12-16(19)18-9-4-7-15(18)13-5-3-6-14(11-13)21-2/h3,5-6,11,15,17H,4,7-10,12H2,1-2H3. The number of rotatable bonds is 7. The number of nitrogens with one attached hydrogen (secondary N) is 1. The number of likely N-dealkylation sites (tertiary alicyclic amines) is 1. The maximum Gasteiger partial charge on any atom is 0.237 e. The van der Waals surface area contributed by atoms with Crippen LogP contribution in [0.25, 0.3) is 0 Å². The Bertz CT molecular complexity index is 465. The van der Waals surface area contributed by atoms with Crippen molar-refractivity contribution in [3.63, 3.8) is 0 Å². The predicted molar refractivity (Wildman–Crippen MR) is 81.4 cm³/mol. The van der Waals surface area contributed by atoms with Crippen LogP contribution < -0.4 is 10.1 Å². The highest BCUT2D eigenvalue weighted by Gasteiger charge is 2.29. The summed E-state index contributed by atoms with van der Waals surface area (Å²) in [6, 6.07) is 8.16. The molecule has 0 bridgehead atoms. The van der Waals surface area contributed by atoms with Gasteiger partial charge in [-0.1, -0.05) is 12.1 Å². The Morgan fingerprint density at radius 1 is 1.43 bits per heavy atom. The topological polar surface area (TPSA) is 50.8 Å². The van der Waals surface area contributed by atoms with Crippen LogP contribution in [0.4, 0.5) is 0 Å². The van der Waals surface area contributed by atoms with Crippen LogP contribution in [-0.4, -0.2) is 51.3 Å². The lowest BCUT2D eigenvalue weighted by Crippen LogP contribution is -2.38. The van der Waals surface area contributed by atoms with Crippen LogP contribution in [0.5, 0.6) is 5.75 Å². The number of ether oxygens (including phenoxy) is 2. The maximum atomic E-state index is 12.3. The number of methoxy groups -OCH3 is 2. The van der Waals surface area contributed by atoms with Gasteiger partial charge in [-0.25, -0.2) is 0 Å². The monoisotopic (exact) mass is 292 g/mol. The summed E-state index contributed by atoms with van der Waals surface area (Å²) in [5.74, 6) is 0.987. The van der Waals surface area contributed by atoms with Crippen molar-refractivity contribution >= 4 is 5.91 Å². The third-order valence-corrected chi connectivity index (χ3v) is 3.81. The van der Waals surface area contributed by atoms with Gasteiger partial charge >= 0.3 is 0 Å². The van der Waals surface area contributed by atoms with Crippen LogP contribution in [0.15, 0.2) is 24.3 Å². The molecule has 0 saturated carbocycles. The average Bonchev–Trinajstić information content (AvgIpc) is 3.01. The average molecular weight is 292 g/mol. The van der Waals surface area contributed by atoms with Crippen LogP contribution >= 0.6 is 0 Å². The van der Waals surface area contributed by atoms with Crippen LogP contribution in [0.3, 0.4) is 0 Å². The molecule has 1 unspecified atom stereocenters. The van der Waals surface area contributed by atoms with E-state index in [4.69, 9.17) is 9.47 Å². The van der Waals surface area contributed by atoms with Gasteiger partial charge in [-0.2, -0.15) is 0 Å². The first-order valence-electron chi connectivity index (χ1n) is 7.39. The van der Waals surface area contributed by atoms with Gasteiger partial charge in [0.25, 0.3) is 0 Å². The number of nitrogens with zero attached hydrogens (tertiary/aromatic N) is 1. The van der Waals surface area contributed by atoms with Gasteiger partial charge in [0, 0.05) is 20.2 Å². The molecule has 116 valence electrons. The van der Waals surface area contributed by atoms with Crippen molar-refractivity contribution in [2.75, 3.05) is 40.5 Å². The Hall–Kier alpha value is -1.59. The summed E-state index contributed by atoms with van der Waals surface area (Å²) >= 11 is 0. The molecule has 0 spiro atoms. The Morgan fingerprint density at radius 2 is 2.29 bits per heavy atom. The fourth-order valence-corrected chi connectivity index (χ4v) is 2.73. The smallest absolute Gasteiger partial charge is 0.237 e. The molecule has 2 rings (SSSR count). The van der Waals surface area contributed by atoms with Crippen molar-refractivity contribution < 1.29 is 14.3 Å². The summed E-state index contributed by atoms with van der Waals surface area (Å²) in [7, 11) is 3.32. The van der Waals surface area contributed by atoms with E-state index in [0.717, 1.165) is 30.7 Å². The fourth-order valence-electron chi connectivity index (χ4n) is 2.73. The molecule has 1 N–H and O–H groups in total. The number of carbonyl (C=O) groups excluding carboxylic acids is 1. The first kappa shape index (κ1) is 15.8. The van der Waals surface area contributed by atoms with Gasteiger partial charge in [0.05, 0.1) is 26.3 Å². The molecule has 5 heteroatoms. The lowest BCUT2D eigenvalue weighted by atomic mass is 10.0. The largest absolute Gasteiger partial charge is 0.497 e. The second-order valence-electron chi connectivity index (χ2n) is 5.19. The molecule has 1 heterocycles. The Balaban J connectivity index is 1.97.